The van der Waals surface area contributed by atoms with E-state index in [1.165, 1.54) is 43.8 Å². The van der Waals surface area contributed by atoms with Crippen LogP contribution in [0, 0.1) is 23.5 Å². The Bertz CT molecular complexity index is 3360. The molecular formula is C56H60F2N10O8S. The highest BCUT2D eigenvalue weighted by Crippen LogP contribution is 2.49. The lowest BCUT2D eigenvalue weighted by atomic mass is 9.85. The normalized spacial score (nSPS) is 21.8. The quantitative estimate of drug-likeness (QED) is 0.0904. The number of aromatic amines is 2. The fourth-order valence-electron chi connectivity index (χ4n) is 11.7. The van der Waals surface area contributed by atoms with Gasteiger partial charge in [-0.15, -0.1) is 11.3 Å². The fraction of sp³-hybridized carbons (Fsp3) is 0.411. The molecule has 4 aliphatic heterocycles. The van der Waals surface area contributed by atoms with Crippen molar-refractivity contribution in [3.05, 3.63) is 107 Å². The number of hydrogen-bond acceptors (Lipinski definition) is 12. The number of benzene rings is 3. The molecule has 4 amide bonds. The summed E-state index contributed by atoms with van der Waals surface area (Å²) in [5.74, 6) is -0.213. The van der Waals surface area contributed by atoms with Gasteiger partial charge in [-0.3, -0.25) is 14.2 Å². The van der Waals surface area contributed by atoms with Gasteiger partial charge in [-0.2, -0.15) is 0 Å². The van der Waals surface area contributed by atoms with Gasteiger partial charge < -0.3 is 49.3 Å². The van der Waals surface area contributed by atoms with Crippen LogP contribution in [0.1, 0.15) is 101 Å². The van der Waals surface area contributed by atoms with E-state index < -0.39 is 42.4 Å². The number of methoxy groups -OCH3 is 2. The number of halogens is 2. The first-order chi connectivity index (χ1) is 37.2. The Morgan fingerprint density at radius 3 is 2.03 bits per heavy atom. The number of hydrogen-bond donors (Lipinski definition) is 4. The maximum Gasteiger partial charge on any atom is 0.407 e. The first-order valence-corrected chi connectivity index (χ1v) is 26.9. The molecule has 0 aliphatic carbocycles. The van der Waals surface area contributed by atoms with E-state index in [0.29, 0.717) is 78.1 Å². The molecule has 2 unspecified atom stereocenters. The number of alkyl carbamates (subject to hydrolysis) is 2. The van der Waals surface area contributed by atoms with Gasteiger partial charge in [-0.25, -0.2) is 33.3 Å². The standard InChI is InChI=1S/C56H60F2N10O8S/c1-28(2)47(64-55(71)73-5)52(69)66-17-7-9-41(66)50-60-26-39(63-50)33-22-37(58)46-43-23-34-21-32(13-16-40(34)68(43)54(76-44(46)24-33)45-27-61-51(77-45)31-11-14-36(57)15-12-31)38-25-59-49(62-38)42-10-8-18-67(42)53(70)48(65-56(72)74-6)35-19-29(3)75-30(4)20-35/h11-16,21-30,35,41-42,47-48,54H,7-10,17-20H2,1-6H3,(H,59,62)(H,60,63)(H,64,71)(H,65,72)/t29-,30+,35?,41-,42-,47-,48-,54?/m0/s1. The van der Waals surface area contributed by atoms with Crippen molar-refractivity contribution >= 4 is 46.2 Å². The monoisotopic (exact) mass is 1070 g/mol. The molecule has 3 aromatic carbocycles. The summed E-state index contributed by atoms with van der Waals surface area (Å²) >= 11 is 1.39. The van der Waals surface area contributed by atoms with E-state index in [1.54, 1.807) is 41.7 Å². The Hall–Kier alpha value is -7.65. The Morgan fingerprint density at radius 2 is 1.38 bits per heavy atom. The molecule has 0 bridgehead atoms. The van der Waals surface area contributed by atoms with Crippen molar-refractivity contribution in [3.8, 4) is 50.1 Å². The van der Waals surface area contributed by atoms with Gasteiger partial charge >= 0.3 is 12.2 Å². The summed E-state index contributed by atoms with van der Waals surface area (Å²) in [5, 5.41) is 6.98. The molecule has 8 atom stereocenters. The summed E-state index contributed by atoms with van der Waals surface area (Å²) in [5.41, 5.74) is 4.86. The molecule has 7 aromatic rings. The van der Waals surface area contributed by atoms with Gasteiger partial charge in [-0.05, 0) is 119 Å². The highest BCUT2D eigenvalue weighted by atomic mass is 32.1. The minimum atomic E-state index is -0.802. The maximum atomic E-state index is 17.1. The maximum absolute atomic E-state index is 17.1. The molecule has 18 nitrogen and oxygen atoms in total. The second kappa shape index (κ2) is 21.1. The van der Waals surface area contributed by atoms with Gasteiger partial charge in [0.2, 0.25) is 18.0 Å². The van der Waals surface area contributed by atoms with Crippen molar-refractivity contribution in [1.82, 2.24) is 49.9 Å². The molecule has 3 saturated heterocycles. The second-order valence-corrected chi connectivity index (χ2v) is 21.8. The van der Waals surface area contributed by atoms with Crippen LogP contribution in [0.4, 0.5) is 18.4 Å². The molecule has 0 spiro atoms. The van der Waals surface area contributed by atoms with Gasteiger partial charge in [0.15, 0.2) is 0 Å². The summed E-state index contributed by atoms with van der Waals surface area (Å²) in [6.45, 7) is 8.65. The van der Waals surface area contributed by atoms with E-state index >= 15 is 4.39 Å². The molecule has 3 fully saturated rings. The van der Waals surface area contributed by atoms with Gasteiger partial charge in [0.25, 0.3) is 0 Å². The Morgan fingerprint density at radius 1 is 0.753 bits per heavy atom. The first kappa shape index (κ1) is 51.5. The summed E-state index contributed by atoms with van der Waals surface area (Å²) in [4.78, 5) is 78.5. The van der Waals surface area contributed by atoms with Gasteiger partial charge in [0.1, 0.15) is 46.1 Å². The third-order valence-corrected chi connectivity index (χ3v) is 16.4. The molecule has 402 valence electrons. The van der Waals surface area contributed by atoms with Crippen molar-refractivity contribution < 1.29 is 46.9 Å². The van der Waals surface area contributed by atoms with Crippen LogP contribution in [0.15, 0.2) is 79.3 Å². The minimum absolute atomic E-state index is 0.0701. The second-order valence-electron chi connectivity index (χ2n) is 20.8. The van der Waals surface area contributed by atoms with Crippen molar-refractivity contribution in [2.45, 2.75) is 109 Å². The van der Waals surface area contributed by atoms with Crippen LogP contribution in [0.25, 0.3) is 55.2 Å². The number of aromatic nitrogens is 6. The number of ether oxygens (including phenoxy) is 4. The zero-order valence-corrected chi connectivity index (χ0v) is 44.3. The van der Waals surface area contributed by atoms with Gasteiger partial charge in [0.05, 0.1) is 83.9 Å². The van der Waals surface area contributed by atoms with E-state index in [1.807, 2.05) is 61.4 Å². The van der Waals surface area contributed by atoms with E-state index in [0.717, 1.165) is 45.4 Å². The van der Waals surface area contributed by atoms with Crippen LogP contribution in [-0.4, -0.2) is 115 Å². The van der Waals surface area contributed by atoms with Crippen molar-refractivity contribution in [1.29, 1.82) is 0 Å². The van der Waals surface area contributed by atoms with Crippen LogP contribution in [0.2, 0.25) is 0 Å². The first-order valence-electron chi connectivity index (χ1n) is 26.1. The number of H-pyrrole nitrogens is 2. The SMILES string of the molecule is COC(=O)N[C@H](C(=O)N1CCC[C@H]1c1ncc(-c2cc(F)c3c(c2)OC(c2cnc(-c4ccc(F)cc4)s2)n2c-3cc3cc(-c4cnc([C@@H]5CCCN5C(=O)[C@@H](NC(=O)OC)C5C[C@@H](C)O[C@@H](C)C5)[nH]4)ccc32)[nH]1)C(C)C. The third-order valence-electron chi connectivity index (χ3n) is 15.3. The van der Waals surface area contributed by atoms with Gasteiger partial charge in [0, 0.05) is 41.4 Å². The Kier molecular flexibility index (Phi) is 14.1. The molecule has 0 radical (unpaired) electrons. The highest BCUT2D eigenvalue weighted by molar-refractivity contribution is 7.15. The lowest BCUT2D eigenvalue weighted by Crippen LogP contribution is -2.54. The molecule has 0 saturated carbocycles. The summed E-state index contributed by atoms with van der Waals surface area (Å²) in [6.07, 6.45) is 6.87. The van der Waals surface area contributed by atoms with Crippen LogP contribution in [0.3, 0.4) is 0 Å². The van der Waals surface area contributed by atoms with Crippen LogP contribution in [-0.2, 0) is 23.8 Å². The zero-order chi connectivity index (χ0) is 53.8. The lowest BCUT2D eigenvalue weighted by Gasteiger charge is -2.38. The number of thiazole rings is 1. The summed E-state index contributed by atoms with van der Waals surface area (Å²) in [6, 6.07) is 14.9. The number of carbonyl (C=O) groups excluding carboxylic acids is 4. The predicted molar refractivity (Wildman–Crippen MR) is 282 cm³/mol. The molecule has 4 N–H and O–H groups in total. The van der Waals surface area contributed by atoms with E-state index in [-0.39, 0.29) is 53.3 Å². The molecule has 11 rings (SSSR count). The number of likely N-dealkylation sites (tertiary alicyclic amines) is 2. The largest absolute Gasteiger partial charge is 0.464 e. The number of nitrogens with zero attached hydrogens (tertiary/aromatic N) is 6. The Labute approximate surface area is 446 Å². The lowest BCUT2D eigenvalue weighted by molar-refractivity contribution is -0.138. The molecule has 21 heteroatoms. The van der Waals surface area contributed by atoms with Gasteiger partial charge in [-0.1, -0.05) is 19.9 Å². The number of nitrogens with one attached hydrogen (secondary N) is 4. The Balaban J connectivity index is 0.915. The fourth-order valence-corrected chi connectivity index (χ4v) is 12.6. The highest BCUT2D eigenvalue weighted by Gasteiger charge is 2.43. The number of imidazole rings is 2. The number of carbonyl (C=O) groups is 4. The molecule has 8 heterocycles. The van der Waals surface area contributed by atoms with E-state index in [9.17, 15) is 23.6 Å². The van der Waals surface area contributed by atoms with Crippen molar-refractivity contribution in [2.24, 2.45) is 11.8 Å². The molecule has 77 heavy (non-hydrogen) atoms. The van der Waals surface area contributed by atoms with Crippen molar-refractivity contribution in [3.63, 3.8) is 0 Å². The molecule has 4 aromatic heterocycles. The van der Waals surface area contributed by atoms with Crippen molar-refractivity contribution in [2.75, 3.05) is 27.3 Å². The minimum Gasteiger partial charge on any atom is -0.464 e. The number of amides is 4. The predicted octanol–water partition coefficient (Wildman–Crippen LogP) is 10.1. The number of fused-ring (bicyclic) bond motifs is 5. The smallest absolute Gasteiger partial charge is 0.407 e. The summed E-state index contributed by atoms with van der Waals surface area (Å²) < 4.78 is 55.7. The summed E-state index contributed by atoms with van der Waals surface area (Å²) in [7, 11) is 2.54. The zero-order valence-electron chi connectivity index (χ0n) is 43.5. The average Bonchev–Trinajstić information content (AvgIpc) is 4.50. The molecular weight excluding hydrogens is 1010 g/mol. The van der Waals surface area contributed by atoms with E-state index in [2.05, 4.69) is 20.6 Å². The number of rotatable bonds is 12. The van der Waals surface area contributed by atoms with Crippen LogP contribution in [0.5, 0.6) is 5.75 Å². The van der Waals surface area contributed by atoms with Crippen LogP contribution >= 0.6 is 11.3 Å². The molecule has 4 aliphatic rings. The average molecular weight is 1070 g/mol. The van der Waals surface area contributed by atoms with E-state index in [4.69, 9.17) is 33.9 Å². The topological polar surface area (TPSA) is 211 Å². The van der Waals surface area contributed by atoms with Crippen LogP contribution < -0.4 is 15.4 Å². The third kappa shape index (κ3) is 9.90.